The Hall–Kier alpha value is -0.820. The zero-order valence-corrected chi connectivity index (χ0v) is 10.4. The summed E-state index contributed by atoms with van der Waals surface area (Å²) >= 11 is 0. The maximum Gasteiger partial charge on any atom is 0.0294 e. The second kappa shape index (κ2) is 5.49. The van der Waals surface area contributed by atoms with Gasteiger partial charge in [-0.05, 0) is 31.2 Å². The minimum Gasteiger partial charge on any atom is -0.307 e. The van der Waals surface area contributed by atoms with Crippen LogP contribution >= 0.6 is 0 Å². The van der Waals surface area contributed by atoms with Crippen molar-refractivity contribution >= 4 is 0 Å². The third kappa shape index (κ3) is 3.08. The molecule has 1 aliphatic rings. The summed E-state index contributed by atoms with van der Waals surface area (Å²) < 4.78 is 0. The monoisotopic (exact) mass is 217 g/mol. The van der Waals surface area contributed by atoms with E-state index in [0.717, 1.165) is 12.0 Å². The Kier molecular flexibility index (Phi) is 4.00. The summed E-state index contributed by atoms with van der Waals surface area (Å²) in [5, 5.41) is 3.77. The van der Waals surface area contributed by atoms with Gasteiger partial charge < -0.3 is 5.32 Å². The predicted molar refractivity (Wildman–Crippen MR) is 69.4 cm³/mol. The molecule has 0 spiro atoms. The highest BCUT2D eigenvalue weighted by Gasteiger charge is 2.20. The first-order valence-corrected chi connectivity index (χ1v) is 6.56. The van der Waals surface area contributed by atoms with E-state index in [1.165, 1.54) is 31.2 Å². The van der Waals surface area contributed by atoms with E-state index in [0.29, 0.717) is 6.04 Å². The summed E-state index contributed by atoms with van der Waals surface area (Å²) in [6, 6.07) is 12.0. The number of nitrogens with one attached hydrogen (secondary N) is 1. The molecule has 0 aliphatic heterocycles. The molecule has 1 nitrogen and oxygen atoms in total. The van der Waals surface area contributed by atoms with Crippen LogP contribution in [0.15, 0.2) is 30.3 Å². The van der Waals surface area contributed by atoms with E-state index in [2.05, 4.69) is 49.5 Å². The lowest BCUT2D eigenvalue weighted by atomic mass is 9.86. The van der Waals surface area contributed by atoms with E-state index in [1.54, 1.807) is 0 Å². The average Bonchev–Trinajstić information content (AvgIpc) is 2.30. The van der Waals surface area contributed by atoms with Gasteiger partial charge >= 0.3 is 0 Å². The summed E-state index contributed by atoms with van der Waals surface area (Å²) in [7, 11) is 0. The lowest BCUT2D eigenvalue weighted by Crippen LogP contribution is -2.35. The molecule has 0 saturated heterocycles. The summed E-state index contributed by atoms with van der Waals surface area (Å²) in [4.78, 5) is 0. The van der Waals surface area contributed by atoms with Gasteiger partial charge in [0.15, 0.2) is 0 Å². The molecule has 0 radical (unpaired) electrons. The molecule has 1 aromatic rings. The third-order valence-electron chi connectivity index (χ3n) is 3.72. The minimum atomic E-state index is 0.483. The largest absolute Gasteiger partial charge is 0.307 e. The highest BCUT2D eigenvalue weighted by Crippen LogP contribution is 2.25. The normalized spacial score (nSPS) is 27.6. The maximum atomic E-state index is 3.77. The number of hydrogen-bond donors (Lipinski definition) is 1. The van der Waals surface area contributed by atoms with E-state index in [4.69, 9.17) is 0 Å². The smallest absolute Gasteiger partial charge is 0.0294 e. The molecule has 2 rings (SSSR count). The van der Waals surface area contributed by atoms with Crippen molar-refractivity contribution in [2.24, 2.45) is 5.92 Å². The quantitative estimate of drug-likeness (QED) is 0.809. The second-order valence-corrected chi connectivity index (χ2v) is 5.27. The SMILES string of the molecule is CC1CCCC(N[C@@H](C)c2ccccc2)C1. The van der Waals surface area contributed by atoms with Crippen LogP contribution in [0.3, 0.4) is 0 Å². The van der Waals surface area contributed by atoms with Crippen LogP contribution in [0.1, 0.15) is 51.1 Å². The average molecular weight is 217 g/mol. The van der Waals surface area contributed by atoms with Crippen molar-refractivity contribution in [2.75, 3.05) is 0 Å². The minimum absolute atomic E-state index is 0.483. The van der Waals surface area contributed by atoms with Gasteiger partial charge in [0.25, 0.3) is 0 Å². The Morgan fingerprint density at radius 2 is 1.94 bits per heavy atom. The zero-order chi connectivity index (χ0) is 11.4. The Balaban J connectivity index is 1.89. The van der Waals surface area contributed by atoms with Gasteiger partial charge in [-0.1, -0.05) is 50.1 Å². The van der Waals surface area contributed by atoms with Gasteiger partial charge in [-0.25, -0.2) is 0 Å². The first-order valence-electron chi connectivity index (χ1n) is 6.56. The Morgan fingerprint density at radius 1 is 1.19 bits per heavy atom. The molecule has 0 aromatic heterocycles. The first kappa shape index (κ1) is 11.7. The predicted octanol–water partition coefficient (Wildman–Crippen LogP) is 3.92. The van der Waals surface area contributed by atoms with Crippen LogP contribution in [0.25, 0.3) is 0 Å². The standard InChI is InChI=1S/C15H23N/c1-12-7-6-10-15(11-12)16-13(2)14-8-4-3-5-9-14/h3-5,8-9,12-13,15-16H,6-7,10-11H2,1-2H3/t12?,13-,15?/m0/s1. The van der Waals surface area contributed by atoms with E-state index in [9.17, 15) is 0 Å². The number of rotatable bonds is 3. The van der Waals surface area contributed by atoms with Crippen molar-refractivity contribution < 1.29 is 0 Å². The third-order valence-corrected chi connectivity index (χ3v) is 3.72. The van der Waals surface area contributed by atoms with Gasteiger partial charge in [0.2, 0.25) is 0 Å². The molecule has 1 aliphatic carbocycles. The lowest BCUT2D eigenvalue weighted by Gasteiger charge is -2.30. The van der Waals surface area contributed by atoms with E-state index < -0.39 is 0 Å². The van der Waals surface area contributed by atoms with Crippen molar-refractivity contribution in [1.82, 2.24) is 5.32 Å². The van der Waals surface area contributed by atoms with Crippen LogP contribution in [0.5, 0.6) is 0 Å². The molecule has 1 aromatic carbocycles. The molecule has 0 amide bonds. The fourth-order valence-corrected chi connectivity index (χ4v) is 2.78. The molecule has 1 N–H and O–H groups in total. The van der Waals surface area contributed by atoms with Crippen molar-refractivity contribution in [2.45, 2.75) is 51.6 Å². The zero-order valence-electron chi connectivity index (χ0n) is 10.4. The molecular formula is C15H23N. The van der Waals surface area contributed by atoms with E-state index in [1.807, 2.05) is 0 Å². The second-order valence-electron chi connectivity index (χ2n) is 5.27. The molecule has 1 saturated carbocycles. The molecule has 88 valence electrons. The van der Waals surface area contributed by atoms with Crippen LogP contribution in [0.2, 0.25) is 0 Å². The van der Waals surface area contributed by atoms with Crippen molar-refractivity contribution in [3.8, 4) is 0 Å². The molecule has 16 heavy (non-hydrogen) atoms. The number of hydrogen-bond acceptors (Lipinski definition) is 1. The van der Waals surface area contributed by atoms with Crippen molar-refractivity contribution in [3.05, 3.63) is 35.9 Å². The van der Waals surface area contributed by atoms with Crippen LogP contribution in [-0.2, 0) is 0 Å². The highest BCUT2D eigenvalue weighted by atomic mass is 14.9. The highest BCUT2D eigenvalue weighted by molar-refractivity contribution is 5.18. The summed E-state index contributed by atoms with van der Waals surface area (Å²) in [5.41, 5.74) is 1.40. The molecule has 3 atom stereocenters. The molecule has 0 heterocycles. The Morgan fingerprint density at radius 3 is 2.62 bits per heavy atom. The van der Waals surface area contributed by atoms with Gasteiger partial charge in [-0.2, -0.15) is 0 Å². The van der Waals surface area contributed by atoms with Gasteiger partial charge in [0, 0.05) is 12.1 Å². The van der Waals surface area contributed by atoms with Crippen LogP contribution in [0.4, 0.5) is 0 Å². The summed E-state index contributed by atoms with van der Waals surface area (Å²) in [6.07, 6.45) is 5.50. The van der Waals surface area contributed by atoms with Crippen molar-refractivity contribution in [1.29, 1.82) is 0 Å². The summed E-state index contributed by atoms with van der Waals surface area (Å²) in [6.45, 7) is 4.65. The van der Waals surface area contributed by atoms with Gasteiger partial charge in [0.05, 0.1) is 0 Å². The fraction of sp³-hybridized carbons (Fsp3) is 0.600. The molecule has 1 heteroatoms. The fourth-order valence-electron chi connectivity index (χ4n) is 2.78. The van der Waals surface area contributed by atoms with Crippen molar-refractivity contribution in [3.63, 3.8) is 0 Å². The van der Waals surface area contributed by atoms with Gasteiger partial charge in [0.1, 0.15) is 0 Å². The molecule has 2 unspecified atom stereocenters. The lowest BCUT2D eigenvalue weighted by molar-refractivity contribution is 0.285. The Labute approximate surface area is 99.3 Å². The van der Waals surface area contributed by atoms with E-state index >= 15 is 0 Å². The van der Waals surface area contributed by atoms with Gasteiger partial charge in [-0.3, -0.25) is 0 Å². The number of benzene rings is 1. The van der Waals surface area contributed by atoms with Gasteiger partial charge in [-0.15, -0.1) is 0 Å². The molecule has 0 bridgehead atoms. The first-order chi connectivity index (χ1) is 7.75. The topological polar surface area (TPSA) is 12.0 Å². The van der Waals surface area contributed by atoms with Crippen LogP contribution < -0.4 is 5.32 Å². The molecular weight excluding hydrogens is 194 g/mol. The van der Waals surface area contributed by atoms with Crippen LogP contribution in [0, 0.1) is 5.92 Å². The maximum absolute atomic E-state index is 3.77. The van der Waals surface area contributed by atoms with Crippen LogP contribution in [-0.4, -0.2) is 6.04 Å². The summed E-state index contributed by atoms with van der Waals surface area (Å²) in [5.74, 6) is 0.897. The van der Waals surface area contributed by atoms with E-state index in [-0.39, 0.29) is 0 Å². The Bertz CT molecular complexity index is 306. The molecule has 1 fully saturated rings.